The van der Waals surface area contributed by atoms with Gasteiger partial charge in [0, 0.05) is 29.1 Å². The van der Waals surface area contributed by atoms with Gasteiger partial charge >= 0.3 is 0 Å². The minimum Gasteiger partial charge on any atom is -0.490 e. The molecule has 2 aromatic carbocycles. The number of allylic oxidation sites excluding steroid dienone is 1. The summed E-state index contributed by atoms with van der Waals surface area (Å²) in [5.41, 5.74) is 3.39. The lowest BCUT2D eigenvalue weighted by atomic mass is 9.68. The molecule has 44 heavy (non-hydrogen) atoms. The second kappa shape index (κ2) is 11.7. The number of nitrogens with zero attached hydrogens (tertiary/aromatic N) is 1. The molecule has 1 amide bonds. The molecule has 0 unspecified atom stereocenters. The van der Waals surface area contributed by atoms with Gasteiger partial charge in [-0.05, 0) is 110 Å². The smallest absolute Gasteiger partial charge is 0.264 e. The number of aryl methyl sites for hydroxylation is 1. The van der Waals surface area contributed by atoms with Crippen molar-refractivity contribution in [2.75, 3.05) is 24.6 Å². The Bertz CT molecular complexity index is 1570. The Morgan fingerprint density at radius 2 is 1.98 bits per heavy atom. The third-order valence-electron chi connectivity index (χ3n) is 11.0. The van der Waals surface area contributed by atoms with Crippen molar-refractivity contribution in [3.05, 3.63) is 70.3 Å². The van der Waals surface area contributed by atoms with E-state index in [9.17, 15) is 18.3 Å². The Balaban J connectivity index is 1.28. The third-order valence-corrected chi connectivity index (χ3v) is 13.1. The van der Waals surface area contributed by atoms with Crippen LogP contribution < -0.4 is 14.4 Å². The van der Waals surface area contributed by atoms with E-state index >= 15 is 0 Å². The van der Waals surface area contributed by atoms with Crippen LogP contribution in [0.15, 0.2) is 48.6 Å². The van der Waals surface area contributed by atoms with Gasteiger partial charge in [-0.3, -0.25) is 4.79 Å². The van der Waals surface area contributed by atoms with Gasteiger partial charge in [0.2, 0.25) is 10.0 Å². The maximum atomic E-state index is 13.7. The van der Waals surface area contributed by atoms with E-state index in [4.69, 9.17) is 16.3 Å². The van der Waals surface area contributed by atoms with Crippen molar-refractivity contribution in [2.24, 2.45) is 23.7 Å². The van der Waals surface area contributed by atoms with Gasteiger partial charge in [-0.2, -0.15) is 0 Å². The molecule has 2 heterocycles. The predicted molar refractivity (Wildman–Crippen MR) is 173 cm³/mol. The monoisotopic (exact) mass is 638 g/mol. The zero-order chi connectivity index (χ0) is 30.6. The van der Waals surface area contributed by atoms with Crippen LogP contribution in [-0.4, -0.2) is 50.5 Å². The largest absolute Gasteiger partial charge is 0.490 e. The summed E-state index contributed by atoms with van der Waals surface area (Å²) < 4.78 is 36.4. The lowest BCUT2D eigenvalue weighted by Gasteiger charge is -2.45. The zero-order valence-electron chi connectivity index (χ0n) is 25.4. The lowest BCUT2D eigenvalue weighted by molar-refractivity contribution is 0.0177. The number of ether oxygens (including phenoxy) is 1. The van der Waals surface area contributed by atoms with Crippen LogP contribution >= 0.6 is 11.6 Å². The van der Waals surface area contributed by atoms with Gasteiger partial charge in [-0.15, -0.1) is 0 Å². The molecule has 0 saturated heterocycles. The van der Waals surface area contributed by atoms with Crippen LogP contribution in [0, 0.1) is 23.7 Å². The number of sulfonamides is 1. The molecule has 1 spiro atoms. The van der Waals surface area contributed by atoms with Crippen LogP contribution in [0.2, 0.25) is 5.02 Å². The first kappa shape index (κ1) is 30.1. The number of hydrogen-bond acceptors (Lipinski definition) is 6. The number of hydrogen-bond donors (Lipinski definition) is 2. The van der Waals surface area contributed by atoms with Crippen LogP contribution in [-0.2, 0) is 21.9 Å². The fourth-order valence-corrected chi connectivity index (χ4v) is 10.1. The van der Waals surface area contributed by atoms with Gasteiger partial charge in [0.25, 0.3) is 5.91 Å². The molecule has 7 nitrogen and oxygen atoms in total. The second-order valence-electron chi connectivity index (χ2n) is 14.1. The molecule has 2 fully saturated rings. The van der Waals surface area contributed by atoms with Crippen molar-refractivity contribution in [3.63, 3.8) is 0 Å². The Morgan fingerprint density at radius 1 is 1.14 bits per heavy atom. The summed E-state index contributed by atoms with van der Waals surface area (Å²) >= 11 is 6.41. The first-order chi connectivity index (χ1) is 21.1. The van der Waals surface area contributed by atoms with Crippen LogP contribution in [0.1, 0.15) is 79.8 Å². The molecule has 2 N–H and O–H groups in total. The Hall–Kier alpha value is -2.55. The van der Waals surface area contributed by atoms with E-state index in [1.165, 1.54) is 11.1 Å². The van der Waals surface area contributed by atoms with E-state index in [0.717, 1.165) is 62.2 Å². The summed E-state index contributed by atoms with van der Waals surface area (Å²) in [5, 5.41) is 11.3. The summed E-state index contributed by atoms with van der Waals surface area (Å²) in [5.74, 6) is 0.662. The zero-order valence-corrected chi connectivity index (χ0v) is 27.0. The molecule has 3 aliphatic carbocycles. The van der Waals surface area contributed by atoms with E-state index in [0.29, 0.717) is 49.1 Å². The van der Waals surface area contributed by atoms with Gasteiger partial charge in [0.15, 0.2) is 0 Å². The SMILES string of the molecule is C[C@H]1/C=C\C[C@H](O)[C@@H]2CC[C@H]2CN2C[C@@]3(CCCc4cc(Cl)ccc43)COc3ccc(cc32)C(=O)NS(=O)(=O)[C@@H]1CC1CC1. The van der Waals surface area contributed by atoms with E-state index in [2.05, 4.69) is 21.8 Å². The number of carbonyl (C=O) groups is 1. The van der Waals surface area contributed by atoms with Crippen molar-refractivity contribution in [1.29, 1.82) is 0 Å². The second-order valence-corrected chi connectivity index (χ2v) is 16.4. The number of carbonyl (C=O) groups excluding carboxylic acids is 1. The quantitative estimate of drug-likeness (QED) is 0.391. The standard InChI is InChI=1S/C35H43ClN2O5S/c1-22-4-2-6-31(39)28-12-9-26(28)19-38-20-35(15-3-5-24-17-27(36)11-13-29(24)35)21-43-32-14-10-25(18-30(32)38)34(40)37-44(41,42)33(22)16-23-7-8-23/h2,4,10-11,13-14,17-18,22-23,26,28,31,33,39H,3,5-9,12,15-16,19-21H2,1H3,(H,37,40)/b4-2-/t22-,26-,28+,31-,33+,35-/m0/s1. The van der Waals surface area contributed by atoms with Crippen molar-refractivity contribution in [1.82, 2.24) is 4.72 Å². The number of fused-ring (bicyclic) bond motifs is 4. The molecule has 7 rings (SSSR count). The molecular weight excluding hydrogens is 596 g/mol. The van der Waals surface area contributed by atoms with Gasteiger partial charge in [-0.25, -0.2) is 13.1 Å². The van der Waals surface area contributed by atoms with Crippen molar-refractivity contribution >= 4 is 33.2 Å². The van der Waals surface area contributed by atoms with Gasteiger partial charge in [0.05, 0.1) is 23.6 Å². The highest BCUT2D eigenvalue weighted by Gasteiger charge is 2.44. The maximum absolute atomic E-state index is 13.7. The molecule has 0 radical (unpaired) electrons. The highest BCUT2D eigenvalue weighted by molar-refractivity contribution is 7.90. The van der Waals surface area contributed by atoms with Gasteiger partial charge in [-0.1, -0.05) is 49.6 Å². The fourth-order valence-electron chi connectivity index (χ4n) is 8.17. The molecular formula is C35H43ClN2O5S. The maximum Gasteiger partial charge on any atom is 0.264 e. The average Bonchev–Trinajstić information content (AvgIpc) is 3.81. The highest BCUT2D eigenvalue weighted by Crippen LogP contribution is 2.47. The molecule has 2 aromatic rings. The number of rotatable bonds is 2. The van der Waals surface area contributed by atoms with E-state index in [1.54, 1.807) is 12.1 Å². The first-order valence-corrected chi connectivity index (χ1v) is 18.3. The molecule has 0 aromatic heterocycles. The normalized spacial score (nSPS) is 34.0. The predicted octanol–water partition coefficient (Wildman–Crippen LogP) is 6.02. The third kappa shape index (κ3) is 5.78. The Labute approximate surface area is 266 Å². The molecule has 9 heteroatoms. The van der Waals surface area contributed by atoms with E-state index in [-0.39, 0.29) is 17.3 Å². The molecule has 2 saturated carbocycles. The van der Waals surface area contributed by atoms with Crippen LogP contribution in [0.25, 0.3) is 0 Å². The average molecular weight is 639 g/mol. The Kier molecular flexibility index (Phi) is 7.99. The molecule has 5 aliphatic rings. The van der Waals surface area contributed by atoms with E-state index < -0.39 is 27.3 Å². The molecule has 236 valence electrons. The number of halogens is 1. The fraction of sp³-hybridized carbons (Fsp3) is 0.571. The first-order valence-electron chi connectivity index (χ1n) is 16.3. The summed E-state index contributed by atoms with van der Waals surface area (Å²) in [6, 6.07) is 11.5. The topological polar surface area (TPSA) is 95.9 Å². The number of aliphatic hydroxyl groups is 1. The molecule has 2 aliphatic heterocycles. The van der Waals surface area contributed by atoms with Crippen molar-refractivity contribution < 1.29 is 23.1 Å². The lowest BCUT2D eigenvalue weighted by Crippen LogP contribution is -2.49. The number of nitrogens with one attached hydrogen (secondary N) is 1. The van der Waals surface area contributed by atoms with Gasteiger partial charge in [0.1, 0.15) is 5.75 Å². The Morgan fingerprint density at radius 3 is 2.75 bits per heavy atom. The van der Waals surface area contributed by atoms with E-state index in [1.807, 2.05) is 31.2 Å². The highest BCUT2D eigenvalue weighted by atomic mass is 35.5. The number of benzene rings is 2. The summed E-state index contributed by atoms with van der Waals surface area (Å²) in [6.45, 7) is 3.85. The minimum absolute atomic E-state index is 0.168. The number of amides is 1. The van der Waals surface area contributed by atoms with Crippen LogP contribution in [0.4, 0.5) is 5.69 Å². The minimum atomic E-state index is -3.94. The summed E-state index contributed by atoms with van der Waals surface area (Å²) in [6.07, 6.45) is 11.5. The number of aliphatic hydroxyl groups excluding tert-OH is 1. The molecule has 6 atom stereocenters. The van der Waals surface area contributed by atoms with Crippen molar-refractivity contribution in [2.45, 2.75) is 81.5 Å². The van der Waals surface area contributed by atoms with Crippen LogP contribution in [0.3, 0.4) is 0 Å². The van der Waals surface area contributed by atoms with Crippen molar-refractivity contribution in [3.8, 4) is 5.75 Å². The summed E-state index contributed by atoms with van der Waals surface area (Å²) in [4.78, 5) is 15.9. The summed E-state index contributed by atoms with van der Waals surface area (Å²) in [7, 11) is -3.94. The van der Waals surface area contributed by atoms with Gasteiger partial charge < -0.3 is 14.7 Å². The molecule has 2 bridgehead atoms. The number of anilines is 1. The van der Waals surface area contributed by atoms with Crippen LogP contribution in [0.5, 0.6) is 5.75 Å².